The Kier molecular flexibility index (Phi) is 2.88. The van der Waals surface area contributed by atoms with Crippen molar-refractivity contribution in [2.45, 2.75) is 26.5 Å². The summed E-state index contributed by atoms with van der Waals surface area (Å²) >= 11 is 0. The molecule has 54 valence electrons. The molecule has 2 N–H and O–H groups in total. The average molecular weight is 129 g/mol. The molecule has 0 aliphatic rings. The van der Waals surface area contributed by atoms with Gasteiger partial charge in [-0.3, -0.25) is 5.32 Å². The van der Waals surface area contributed by atoms with E-state index in [0.717, 1.165) is 5.57 Å². The number of likely N-dealkylation sites (N-methyl/N-ethyl adjacent to an activating group) is 1. The third-order valence-corrected chi connectivity index (χ3v) is 1.08. The third-order valence-electron chi connectivity index (χ3n) is 1.08. The Hall–Kier alpha value is -0.340. The molecule has 0 saturated heterocycles. The molecule has 0 spiro atoms. The second kappa shape index (κ2) is 2.99. The monoisotopic (exact) mass is 129 g/mol. The molecule has 2 nitrogen and oxygen atoms in total. The van der Waals surface area contributed by atoms with Crippen LogP contribution in [0.3, 0.4) is 0 Å². The molecule has 0 unspecified atom stereocenters. The summed E-state index contributed by atoms with van der Waals surface area (Å²) < 4.78 is 0. The lowest BCUT2D eigenvalue weighted by Gasteiger charge is -2.17. The highest BCUT2D eigenvalue weighted by Gasteiger charge is 2.11. The molecule has 0 aromatic rings. The van der Waals surface area contributed by atoms with E-state index < -0.39 is 5.72 Å². The van der Waals surface area contributed by atoms with E-state index in [9.17, 15) is 5.11 Å². The van der Waals surface area contributed by atoms with E-state index in [1.165, 1.54) is 0 Å². The van der Waals surface area contributed by atoms with Gasteiger partial charge in [-0.2, -0.15) is 0 Å². The van der Waals surface area contributed by atoms with Gasteiger partial charge in [0.15, 0.2) is 0 Å². The van der Waals surface area contributed by atoms with Gasteiger partial charge in [-0.15, -0.1) is 0 Å². The summed E-state index contributed by atoms with van der Waals surface area (Å²) in [5.74, 6) is 0. The van der Waals surface area contributed by atoms with E-state index in [1.807, 2.05) is 13.8 Å². The highest BCUT2D eigenvalue weighted by Crippen LogP contribution is 2.02. The maximum Gasteiger partial charge on any atom is 0.132 e. The zero-order valence-electron chi connectivity index (χ0n) is 6.52. The van der Waals surface area contributed by atoms with Crippen LogP contribution < -0.4 is 5.32 Å². The first-order valence-corrected chi connectivity index (χ1v) is 3.05. The van der Waals surface area contributed by atoms with Gasteiger partial charge in [-0.05, 0) is 33.9 Å². The summed E-state index contributed by atoms with van der Waals surface area (Å²) in [6, 6.07) is 0. The Balaban J connectivity index is 4.01. The fourth-order valence-corrected chi connectivity index (χ4v) is 0.634. The number of rotatable bonds is 2. The van der Waals surface area contributed by atoms with Crippen molar-refractivity contribution in [1.29, 1.82) is 0 Å². The first kappa shape index (κ1) is 8.66. The number of aliphatic hydroxyl groups is 1. The second-order valence-electron chi connectivity index (χ2n) is 2.62. The van der Waals surface area contributed by atoms with E-state index in [-0.39, 0.29) is 0 Å². The van der Waals surface area contributed by atoms with Gasteiger partial charge in [-0.1, -0.05) is 5.57 Å². The predicted molar refractivity (Wildman–Crippen MR) is 39.1 cm³/mol. The van der Waals surface area contributed by atoms with Crippen LogP contribution in [0.15, 0.2) is 11.6 Å². The number of hydrogen-bond donors (Lipinski definition) is 2. The Morgan fingerprint density at radius 3 is 2.11 bits per heavy atom. The van der Waals surface area contributed by atoms with Gasteiger partial charge in [0.05, 0.1) is 0 Å². The van der Waals surface area contributed by atoms with Crippen molar-refractivity contribution in [3.05, 3.63) is 11.6 Å². The Bertz CT molecular complexity index is 112. The summed E-state index contributed by atoms with van der Waals surface area (Å²) in [5.41, 5.74) is 0.258. The zero-order valence-corrected chi connectivity index (χ0v) is 6.52. The summed E-state index contributed by atoms with van der Waals surface area (Å²) in [6.45, 7) is 5.61. The van der Waals surface area contributed by atoms with Crippen LogP contribution in [0.4, 0.5) is 0 Å². The predicted octanol–water partition coefficient (Wildman–Crippen LogP) is 0.880. The van der Waals surface area contributed by atoms with Gasteiger partial charge < -0.3 is 5.11 Å². The van der Waals surface area contributed by atoms with Crippen LogP contribution in [0.25, 0.3) is 0 Å². The molecule has 0 saturated carbocycles. The molecule has 0 rings (SSSR count). The lowest BCUT2D eigenvalue weighted by atomic mass is 10.2. The lowest BCUT2D eigenvalue weighted by Crippen LogP contribution is -2.37. The van der Waals surface area contributed by atoms with Gasteiger partial charge in [0, 0.05) is 0 Å². The van der Waals surface area contributed by atoms with Gasteiger partial charge in [0.25, 0.3) is 0 Å². The molecule has 0 bridgehead atoms. The number of hydrogen-bond acceptors (Lipinski definition) is 2. The molecule has 2 heteroatoms. The van der Waals surface area contributed by atoms with E-state index in [0.29, 0.717) is 0 Å². The highest BCUT2D eigenvalue weighted by atomic mass is 16.3. The van der Waals surface area contributed by atoms with Crippen LogP contribution >= 0.6 is 0 Å². The number of allylic oxidation sites excluding steroid dienone is 1. The lowest BCUT2D eigenvalue weighted by molar-refractivity contribution is 0.0822. The standard InChI is InChI=1S/C7H15NO/c1-6(2)5-7(3,9)8-4/h5,8-9H,1-4H3/t7-/m1/s1. The Morgan fingerprint density at radius 2 is 2.00 bits per heavy atom. The molecule has 0 amide bonds. The Morgan fingerprint density at radius 1 is 1.56 bits per heavy atom. The van der Waals surface area contributed by atoms with Crippen LogP contribution in [0.2, 0.25) is 0 Å². The van der Waals surface area contributed by atoms with E-state index >= 15 is 0 Å². The van der Waals surface area contributed by atoms with Crippen molar-refractivity contribution in [3.63, 3.8) is 0 Å². The van der Waals surface area contributed by atoms with Crippen molar-refractivity contribution in [2.75, 3.05) is 7.05 Å². The average Bonchev–Trinajstić information content (AvgIpc) is 1.63. The molecular formula is C7H15NO. The van der Waals surface area contributed by atoms with Crippen molar-refractivity contribution < 1.29 is 5.11 Å². The SMILES string of the molecule is CN[C@](C)(O)C=C(C)C. The minimum atomic E-state index is -0.848. The maximum atomic E-state index is 9.31. The topological polar surface area (TPSA) is 32.3 Å². The van der Waals surface area contributed by atoms with E-state index in [2.05, 4.69) is 5.32 Å². The smallest absolute Gasteiger partial charge is 0.132 e. The molecule has 0 radical (unpaired) electrons. The van der Waals surface area contributed by atoms with E-state index in [4.69, 9.17) is 0 Å². The van der Waals surface area contributed by atoms with Gasteiger partial charge in [-0.25, -0.2) is 0 Å². The maximum absolute atomic E-state index is 9.31. The molecule has 9 heavy (non-hydrogen) atoms. The van der Waals surface area contributed by atoms with E-state index in [1.54, 1.807) is 20.0 Å². The summed E-state index contributed by atoms with van der Waals surface area (Å²) in [5, 5.41) is 12.1. The van der Waals surface area contributed by atoms with Crippen molar-refractivity contribution in [1.82, 2.24) is 5.32 Å². The second-order valence-corrected chi connectivity index (χ2v) is 2.62. The fourth-order valence-electron chi connectivity index (χ4n) is 0.634. The first-order valence-electron chi connectivity index (χ1n) is 3.05. The largest absolute Gasteiger partial charge is 0.373 e. The molecule has 0 aromatic carbocycles. The van der Waals surface area contributed by atoms with Crippen molar-refractivity contribution in [2.24, 2.45) is 0 Å². The number of nitrogens with one attached hydrogen (secondary N) is 1. The Labute approximate surface area is 56.6 Å². The van der Waals surface area contributed by atoms with Crippen LogP contribution in [0.1, 0.15) is 20.8 Å². The van der Waals surface area contributed by atoms with Crippen molar-refractivity contribution >= 4 is 0 Å². The molecule has 0 aromatic heterocycles. The molecule has 1 atom stereocenters. The molecular weight excluding hydrogens is 114 g/mol. The van der Waals surface area contributed by atoms with Crippen LogP contribution in [0, 0.1) is 0 Å². The van der Waals surface area contributed by atoms with Gasteiger partial charge in [0.2, 0.25) is 0 Å². The zero-order chi connectivity index (χ0) is 7.49. The summed E-state index contributed by atoms with van der Waals surface area (Å²) in [6.07, 6.45) is 1.77. The first-order chi connectivity index (χ1) is 3.98. The van der Waals surface area contributed by atoms with Crippen LogP contribution in [-0.4, -0.2) is 17.9 Å². The highest BCUT2D eigenvalue weighted by molar-refractivity contribution is 5.02. The molecule has 0 heterocycles. The fraction of sp³-hybridized carbons (Fsp3) is 0.714. The van der Waals surface area contributed by atoms with Gasteiger partial charge in [0.1, 0.15) is 5.72 Å². The van der Waals surface area contributed by atoms with Crippen LogP contribution in [-0.2, 0) is 0 Å². The van der Waals surface area contributed by atoms with Crippen LogP contribution in [0.5, 0.6) is 0 Å². The summed E-state index contributed by atoms with van der Waals surface area (Å²) in [4.78, 5) is 0. The molecule has 0 aliphatic heterocycles. The third kappa shape index (κ3) is 4.18. The minimum Gasteiger partial charge on any atom is -0.373 e. The molecule has 0 aliphatic carbocycles. The molecule has 0 fully saturated rings. The minimum absolute atomic E-state index is 0.848. The quantitative estimate of drug-likeness (QED) is 0.428. The van der Waals surface area contributed by atoms with Gasteiger partial charge >= 0.3 is 0 Å². The normalized spacial score (nSPS) is 16.6. The van der Waals surface area contributed by atoms with Crippen molar-refractivity contribution in [3.8, 4) is 0 Å². The summed E-state index contributed by atoms with van der Waals surface area (Å²) in [7, 11) is 1.72.